The number of ether oxygens (including phenoxy) is 1. The lowest BCUT2D eigenvalue weighted by molar-refractivity contribution is -0.112. The lowest BCUT2D eigenvalue weighted by Crippen LogP contribution is -2.14. The number of amides is 1. The van der Waals surface area contributed by atoms with Crippen LogP contribution in [0.1, 0.15) is 11.1 Å². The summed E-state index contributed by atoms with van der Waals surface area (Å²) < 4.78 is 5.15. The molecule has 1 N–H and O–H groups in total. The van der Waals surface area contributed by atoms with E-state index >= 15 is 0 Å². The molecule has 0 saturated heterocycles. The molecular weight excluding hydrogens is 338 g/mol. The quantitative estimate of drug-likeness (QED) is 0.649. The molecule has 2 rings (SSSR count). The third-order valence-electron chi connectivity index (χ3n) is 3.30. The molecule has 0 spiro atoms. The molecule has 0 bridgehead atoms. The van der Waals surface area contributed by atoms with Crippen molar-refractivity contribution in [3.63, 3.8) is 0 Å². The Balaban J connectivity index is 2.15. The Labute approximate surface area is 150 Å². The Hall–Kier alpha value is -3.28. The number of carbonyl (C=O) groups excluding carboxylic acids is 1. The van der Waals surface area contributed by atoms with Crippen LogP contribution < -0.4 is 10.1 Å². The Morgan fingerprint density at radius 3 is 2.56 bits per heavy atom. The van der Waals surface area contributed by atoms with Crippen molar-refractivity contribution < 1.29 is 9.53 Å². The molecule has 1 amide bonds. The monoisotopic (exact) mass is 351 g/mol. The third kappa shape index (κ3) is 5.10. The highest BCUT2D eigenvalue weighted by molar-refractivity contribution is 6.30. The van der Waals surface area contributed by atoms with Crippen LogP contribution in [-0.2, 0) is 4.79 Å². The van der Waals surface area contributed by atoms with Crippen molar-refractivity contribution in [3.8, 4) is 17.9 Å². The molecule has 0 aliphatic carbocycles. The van der Waals surface area contributed by atoms with Crippen LogP contribution in [-0.4, -0.2) is 12.5 Å². The largest absolute Gasteiger partial charge is 0.479 e. The van der Waals surface area contributed by atoms with Gasteiger partial charge in [-0.3, -0.25) is 4.79 Å². The molecule has 0 radical (unpaired) electrons. The average Bonchev–Trinajstić information content (AvgIpc) is 2.61. The molecule has 2 aromatic rings. The topological polar surface area (TPSA) is 85.9 Å². The molecule has 124 valence electrons. The number of benzene rings is 2. The number of carbonyl (C=O) groups is 1. The molecule has 0 unspecified atom stereocenters. The minimum atomic E-state index is -0.502. The molecule has 0 aliphatic rings. The van der Waals surface area contributed by atoms with E-state index in [1.807, 2.05) is 19.1 Å². The van der Waals surface area contributed by atoms with E-state index in [0.29, 0.717) is 22.0 Å². The van der Waals surface area contributed by atoms with Crippen molar-refractivity contribution in [2.75, 3.05) is 11.9 Å². The molecule has 0 aromatic heterocycles. The Morgan fingerprint density at radius 1 is 1.24 bits per heavy atom. The normalized spacial score (nSPS) is 10.5. The maximum Gasteiger partial charge on any atom is 0.266 e. The van der Waals surface area contributed by atoms with Gasteiger partial charge in [-0.15, -0.1) is 0 Å². The van der Waals surface area contributed by atoms with Gasteiger partial charge >= 0.3 is 0 Å². The lowest BCUT2D eigenvalue weighted by atomic mass is 10.1. The maximum absolute atomic E-state index is 12.3. The zero-order valence-electron chi connectivity index (χ0n) is 13.4. The molecule has 5 nitrogen and oxygen atoms in total. The van der Waals surface area contributed by atoms with Crippen LogP contribution in [0.4, 0.5) is 5.69 Å². The first-order valence-corrected chi connectivity index (χ1v) is 7.70. The van der Waals surface area contributed by atoms with Gasteiger partial charge in [0.05, 0.1) is 0 Å². The molecule has 0 saturated carbocycles. The number of rotatable bonds is 5. The second-order valence-electron chi connectivity index (χ2n) is 5.10. The van der Waals surface area contributed by atoms with Crippen molar-refractivity contribution in [2.24, 2.45) is 0 Å². The van der Waals surface area contributed by atoms with E-state index in [-0.39, 0.29) is 12.2 Å². The first-order chi connectivity index (χ1) is 12.0. The second-order valence-corrected chi connectivity index (χ2v) is 5.54. The molecule has 0 aliphatic heterocycles. The third-order valence-corrected chi connectivity index (χ3v) is 3.53. The highest BCUT2D eigenvalue weighted by atomic mass is 35.5. The summed E-state index contributed by atoms with van der Waals surface area (Å²) in [5.74, 6) is 0.0381. The number of nitrogens with one attached hydrogen (secondary N) is 1. The van der Waals surface area contributed by atoms with E-state index in [1.54, 1.807) is 42.5 Å². The van der Waals surface area contributed by atoms with E-state index in [1.165, 1.54) is 6.08 Å². The molecule has 0 heterocycles. The van der Waals surface area contributed by atoms with Gasteiger partial charge < -0.3 is 10.1 Å². The Morgan fingerprint density at radius 2 is 1.96 bits per heavy atom. The summed E-state index contributed by atoms with van der Waals surface area (Å²) in [7, 11) is 0. The van der Waals surface area contributed by atoms with Gasteiger partial charge in [-0.2, -0.15) is 10.5 Å². The van der Waals surface area contributed by atoms with Crippen molar-refractivity contribution in [3.05, 3.63) is 64.2 Å². The van der Waals surface area contributed by atoms with E-state index in [2.05, 4.69) is 5.32 Å². The average molecular weight is 352 g/mol. The molecule has 0 atom stereocenters. The number of nitriles is 2. The van der Waals surface area contributed by atoms with Crippen molar-refractivity contribution in [1.82, 2.24) is 0 Å². The van der Waals surface area contributed by atoms with Crippen LogP contribution in [0.25, 0.3) is 6.08 Å². The van der Waals surface area contributed by atoms with E-state index in [4.69, 9.17) is 21.6 Å². The van der Waals surface area contributed by atoms with E-state index < -0.39 is 5.91 Å². The van der Waals surface area contributed by atoms with Crippen LogP contribution in [0.5, 0.6) is 5.75 Å². The summed E-state index contributed by atoms with van der Waals surface area (Å²) in [6.07, 6.45) is 1.48. The zero-order chi connectivity index (χ0) is 18.2. The van der Waals surface area contributed by atoms with Crippen LogP contribution in [0, 0.1) is 29.6 Å². The SMILES string of the molecule is Cc1cc(Cl)ccc1NC(=O)/C(C#N)=C/c1ccc(OCC#N)cc1. The summed E-state index contributed by atoms with van der Waals surface area (Å²) in [5, 5.41) is 21.0. The van der Waals surface area contributed by atoms with E-state index in [9.17, 15) is 10.1 Å². The van der Waals surface area contributed by atoms with Crippen LogP contribution in [0.3, 0.4) is 0 Å². The number of halogens is 1. The van der Waals surface area contributed by atoms with Gasteiger partial charge in [-0.1, -0.05) is 23.7 Å². The predicted octanol–water partition coefficient (Wildman–Crippen LogP) is 4.10. The fraction of sp³-hybridized carbons (Fsp3) is 0.105. The van der Waals surface area contributed by atoms with Gasteiger partial charge in [0.1, 0.15) is 23.5 Å². The first kappa shape index (κ1) is 18.1. The fourth-order valence-corrected chi connectivity index (χ4v) is 2.27. The fourth-order valence-electron chi connectivity index (χ4n) is 2.05. The van der Waals surface area contributed by atoms with Gasteiger partial charge in [-0.25, -0.2) is 0 Å². The van der Waals surface area contributed by atoms with Gasteiger partial charge in [0, 0.05) is 10.7 Å². The van der Waals surface area contributed by atoms with E-state index in [0.717, 1.165) is 5.56 Å². The summed E-state index contributed by atoms with van der Waals surface area (Å²) in [5.41, 5.74) is 2.04. The summed E-state index contributed by atoms with van der Waals surface area (Å²) >= 11 is 5.89. The van der Waals surface area contributed by atoms with Gasteiger partial charge in [-0.05, 0) is 54.5 Å². The second kappa shape index (κ2) is 8.54. The molecular formula is C19H14ClN3O2. The predicted molar refractivity (Wildman–Crippen MR) is 96.0 cm³/mol. The molecule has 6 heteroatoms. The van der Waals surface area contributed by atoms with Crippen LogP contribution in [0.15, 0.2) is 48.0 Å². The maximum atomic E-state index is 12.3. The lowest BCUT2D eigenvalue weighted by Gasteiger charge is -2.08. The number of aryl methyl sites for hydroxylation is 1. The van der Waals surface area contributed by atoms with Gasteiger partial charge in [0.15, 0.2) is 6.61 Å². The van der Waals surface area contributed by atoms with Gasteiger partial charge in [0.2, 0.25) is 0 Å². The number of nitrogens with zero attached hydrogens (tertiary/aromatic N) is 2. The minimum Gasteiger partial charge on any atom is -0.479 e. The zero-order valence-corrected chi connectivity index (χ0v) is 14.2. The minimum absolute atomic E-state index is 0.0277. The van der Waals surface area contributed by atoms with Crippen molar-refractivity contribution >= 4 is 29.3 Å². The summed E-state index contributed by atoms with van der Waals surface area (Å²) in [4.78, 5) is 12.3. The summed E-state index contributed by atoms with van der Waals surface area (Å²) in [6.45, 7) is 1.78. The molecule has 2 aromatic carbocycles. The molecule has 25 heavy (non-hydrogen) atoms. The van der Waals surface area contributed by atoms with Crippen LogP contribution >= 0.6 is 11.6 Å². The Bertz CT molecular complexity index is 890. The van der Waals surface area contributed by atoms with Gasteiger partial charge in [0.25, 0.3) is 5.91 Å². The number of hydrogen-bond acceptors (Lipinski definition) is 4. The van der Waals surface area contributed by atoms with Crippen molar-refractivity contribution in [2.45, 2.75) is 6.92 Å². The standard InChI is InChI=1S/C19H14ClN3O2/c1-13-10-16(20)4-7-18(13)23-19(24)15(12-22)11-14-2-5-17(6-3-14)25-9-8-21/h2-7,10-11H,9H2,1H3,(H,23,24)/b15-11+. The van der Waals surface area contributed by atoms with Crippen molar-refractivity contribution in [1.29, 1.82) is 10.5 Å². The van der Waals surface area contributed by atoms with Crippen LogP contribution in [0.2, 0.25) is 5.02 Å². The first-order valence-electron chi connectivity index (χ1n) is 7.32. The number of hydrogen-bond donors (Lipinski definition) is 1. The molecule has 0 fully saturated rings. The number of anilines is 1. The Kier molecular flexibility index (Phi) is 6.17. The smallest absolute Gasteiger partial charge is 0.266 e. The highest BCUT2D eigenvalue weighted by Crippen LogP contribution is 2.21. The highest BCUT2D eigenvalue weighted by Gasteiger charge is 2.11. The summed E-state index contributed by atoms with van der Waals surface area (Å²) in [6, 6.07) is 15.6.